The van der Waals surface area contributed by atoms with Gasteiger partial charge in [0, 0.05) is 11.1 Å². The number of fused-ring (bicyclic) bond motifs is 1. The van der Waals surface area contributed by atoms with Crippen molar-refractivity contribution in [2.45, 2.75) is 6.92 Å². The molecule has 4 heteroatoms. The van der Waals surface area contributed by atoms with E-state index in [2.05, 4.69) is 4.99 Å². The van der Waals surface area contributed by atoms with Crippen LogP contribution in [-0.4, -0.2) is 18.5 Å². The van der Waals surface area contributed by atoms with Crippen LogP contribution in [0.3, 0.4) is 0 Å². The number of esters is 1. The number of carbonyl (C=O) groups excluding carboxylic acids is 1. The van der Waals surface area contributed by atoms with Crippen molar-refractivity contribution >= 4 is 17.9 Å². The van der Waals surface area contributed by atoms with Crippen molar-refractivity contribution in [2.24, 2.45) is 4.99 Å². The molecular weight excluding hydrogens is 302 g/mol. The van der Waals surface area contributed by atoms with E-state index in [4.69, 9.17) is 9.47 Å². The molecule has 0 fully saturated rings. The van der Waals surface area contributed by atoms with Gasteiger partial charge in [0.1, 0.15) is 12.4 Å². The van der Waals surface area contributed by atoms with Crippen molar-refractivity contribution in [3.63, 3.8) is 0 Å². The van der Waals surface area contributed by atoms with Crippen molar-refractivity contribution in [2.75, 3.05) is 6.61 Å². The topological polar surface area (TPSA) is 47.9 Å². The van der Waals surface area contributed by atoms with E-state index in [9.17, 15) is 4.79 Å². The van der Waals surface area contributed by atoms with Gasteiger partial charge in [-0.2, -0.15) is 0 Å². The van der Waals surface area contributed by atoms with Gasteiger partial charge in [0.25, 0.3) is 0 Å². The molecule has 0 aromatic heterocycles. The number of aliphatic imine (C=N–C) groups is 1. The number of rotatable bonds is 2. The molecule has 0 aliphatic carbocycles. The summed E-state index contributed by atoms with van der Waals surface area (Å²) >= 11 is 0. The molecule has 0 atom stereocenters. The Morgan fingerprint density at radius 3 is 2.75 bits per heavy atom. The summed E-state index contributed by atoms with van der Waals surface area (Å²) < 4.78 is 11.0. The average Bonchev–Trinajstić information content (AvgIpc) is 2.96. The summed E-state index contributed by atoms with van der Waals surface area (Å²) in [4.78, 5) is 16.5. The summed E-state index contributed by atoms with van der Waals surface area (Å²) in [6.07, 6.45) is 3.73. The van der Waals surface area contributed by atoms with E-state index >= 15 is 0 Å². The molecule has 24 heavy (non-hydrogen) atoms. The van der Waals surface area contributed by atoms with Crippen LogP contribution in [0.15, 0.2) is 70.9 Å². The van der Waals surface area contributed by atoms with Crippen LogP contribution in [0, 0.1) is 6.92 Å². The van der Waals surface area contributed by atoms with Crippen LogP contribution in [0.4, 0.5) is 0 Å². The van der Waals surface area contributed by atoms with Crippen LogP contribution < -0.4 is 4.74 Å². The molecule has 0 saturated carbocycles. The van der Waals surface area contributed by atoms with E-state index in [-0.39, 0.29) is 0 Å². The van der Waals surface area contributed by atoms with Crippen LogP contribution in [0.2, 0.25) is 0 Å². The highest BCUT2D eigenvalue weighted by molar-refractivity contribution is 6.11. The van der Waals surface area contributed by atoms with Gasteiger partial charge in [0.15, 0.2) is 5.70 Å². The van der Waals surface area contributed by atoms with Crippen LogP contribution in [0.25, 0.3) is 6.08 Å². The minimum absolute atomic E-state index is 0.294. The first-order chi connectivity index (χ1) is 11.7. The van der Waals surface area contributed by atoms with Gasteiger partial charge in [0.2, 0.25) is 5.90 Å². The molecule has 2 aliphatic heterocycles. The molecule has 0 N–H and O–H groups in total. The highest BCUT2D eigenvalue weighted by Gasteiger charge is 2.25. The first-order valence-electron chi connectivity index (χ1n) is 7.72. The number of ether oxygens (including phenoxy) is 2. The summed E-state index contributed by atoms with van der Waals surface area (Å²) in [5.41, 5.74) is 4.01. The van der Waals surface area contributed by atoms with Crippen molar-refractivity contribution in [3.8, 4) is 5.75 Å². The fourth-order valence-electron chi connectivity index (χ4n) is 2.73. The summed E-state index contributed by atoms with van der Waals surface area (Å²) in [6, 6.07) is 15.5. The molecule has 2 aromatic rings. The van der Waals surface area contributed by atoms with Gasteiger partial charge in [0.05, 0.1) is 0 Å². The maximum absolute atomic E-state index is 12.1. The van der Waals surface area contributed by atoms with E-state index in [1.54, 1.807) is 6.08 Å². The quantitative estimate of drug-likeness (QED) is 0.627. The Hall–Kier alpha value is -3.14. The van der Waals surface area contributed by atoms with Gasteiger partial charge in [-0.05, 0) is 42.3 Å². The number of hydrogen-bond acceptors (Lipinski definition) is 4. The molecule has 0 saturated heterocycles. The molecule has 2 aromatic carbocycles. The summed E-state index contributed by atoms with van der Waals surface area (Å²) in [5.74, 6) is 0.757. The number of para-hydroxylation sites is 1. The highest BCUT2D eigenvalue weighted by atomic mass is 16.6. The van der Waals surface area contributed by atoms with Gasteiger partial charge in [-0.3, -0.25) is 0 Å². The van der Waals surface area contributed by atoms with E-state index in [1.807, 2.05) is 61.5 Å². The Kier molecular flexibility index (Phi) is 3.50. The van der Waals surface area contributed by atoms with Crippen molar-refractivity contribution in [1.82, 2.24) is 0 Å². The number of benzene rings is 2. The van der Waals surface area contributed by atoms with Gasteiger partial charge in [-0.25, -0.2) is 9.79 Å². The molecule has 0 unspecified atom stereocenters. The predicted molar refractivity (Wildman–Crippen MR) is 91.8 cm³/mol. The Bertz CT molecular complexity index is 922. The lowest BCUT2D eigenvalue weighted by molar-refractivity contribution is -0.130. The van der Waals surface area contributed by atoms with E-state index in [0.29, 0.717) is 18.2 Å². The zero-order valence-electron chi connectivity index (χ0n) is 13.2. The molecule has 0 radical (unpaired) electrons. The Labute approximate surface area is 139 Å². The van der Waals surface area contributed by atoms with Crippen molar-refractivity contribution in [1.29, 1.82) is 0 Å². The first kappa shape index (κ1) is 14.5. The van der Waals surface area contributed by atoms with Gasteiger partial charge in [-0.15, -0.1) is 0 Å². The Morgan fingerprint density at radius 2 is 1.88 bits per heavy atom. The normalized spacial score (nSPS) is 17.7. The summed E-state index contributed by atoms with van der Waals surface area (Å²) in [7, 11) is 0. The number of hydrogen-bond donors (Lipinski definition) is 0. The zero-order valence-corrected chi connectivity index (χ0v) is 13.2. The largest absolute Gasteiger partial charge is 0.488 e. The van der Waals surface area contributed by atoms with E-state index in [0.717, 1.165) is 28.0 Å². The van der Waals surface area contributed by atoms with Crippen molar-refractivity contribution in [3.05, 3.63) is 82.6 Å². The number of cyclic esters (lactones) is 1. The van der Waals surface area contributed by atoms with Crippen LogP contribution in [0.1, 0.15) is 16.7 Å². The molecule has 118 valence electrons. The standard InChI is InChI=1S/C20H15NO3/c1-13-6-2-4-8-16(13)19-21-17(20(22)24-19)11-14-10-15-7-3-5-9-18(15)23-12-14/h2-11H,12H2,1H3/b17-11+. The molecule has 0 bridgehead atoms. The van der Waals surface area contributed by atoms with E-state index < -0.39 is 5.97 Å². The Morgan fingerprint density at radius 1 is 1.08 bits per heavy atom. The molecule has 0 amide bonds. The van der Waals surface area contributed by atoms with Crippen LogP contribution in [0.5, 0.6) is 5.75 Å². The third-order valence-corrected chi connectivity index (χ3v) is 3.97. The number of aryl methyl sites for hydroxylation is 1. The van der Waals surface area contributed by atoms with E-state index in [1.165, 1.54) is 0 Å². The molecule has 2 heterocycles. The number of nitrogens with zero attached hydrogens (tertiary/aromatic N) is 1. The SMILES string of the molecule is Cc1ccccc1C1=N/C(=C/C2=Cc3ccccc3OC2)C(=O)O1. The smallest absolute Gasteiger partial charge is 0.363 e. The van der Waals surface area contributed by atoms with Crippen molar-refractivity contribution < 1.29 is 14.3 Å². The second-order valence-corrected chi connectivity index (χ2v) is 5.70. The molecular formula is C20H15NO3. The van der Waals surface area contributed by atoms with Gasteiger partial charge in [-0.1, -0.05) is 36.4 Å². The van der Waals surface area contributed by atoms with Gasteiger partial charge < -0.3 is 9.47 Å². The van der Waals surface area contributed by atoms with Crippen LogP contribution in [-0.2, 0) is 9.53 Å². The molecule has 0 spiro atoms. The fraction of sp³-hybridized carbons (Fsp3) is 0.100. The second-order valence-electron chi connectivity index (χ2n) is 5.70. The lowest BCUT2D eigenvalue weighted by Gasteiger charge is -2.15. The monoisotopic (exact) mass is 317 g/mol. The summed E-state index contributed by atoms with van der Waals surface area (Å²) in [6.45, 7) is 2.37. The third-order valence-electron chi connectivity index (χ3n) is 3.97. The fourth-order valence-corrected chi connectivity index (χ4v) is 2.73. The zero-order chi connectivity index (χ0) is 16.5. The molecule has 4 nitrogen and oxygen atoms in total. The van der Waals surface area contributed by atoms with Crippen LogP contribution >= 0.6 is 0 Å². The highest BCUT2D eigenvalue weighted by Crippen LogP contribution is 2.27. The van der Waals surface area contributed by atoms with Gasteiger partial charge >= 0.3 is 5.97 Å². The maximum atomic E-state index is 12.1. The molecule has 2 aliphatic rings. The lowest BCUT2D eigenvalue weighted by Crippen LogP contribution is -2.08. The lowest BCUT2D eigenvalue weighted by atomic mass is 10.1. The third kappa shape index (κ3) is 2.63. The number of carbonyl (C=O) groups is 1. The minimum Gasteiger partial charge on any atom is -0.488 e. The Balaban J connectivity index is 1.67. The first-order valence-corrected chi connectivity index (χ1v) is 7.72. The minimum atomic E-state index is -0.437. The average molecular weight is 317 g/mol. The summed E-state index contributed by atoms with van der Waals surface area (Å²) in [5, 5.41) is 0. The second kappa shape index (κ2) is 5.81. The predicted octanol–water partition coefficient (Wildman–Crippen LogP) is 3.66. The maximum Gasteiger partial charge on any atom is 0.363 e. The molecule has 4 rings (SSSR count).